The molecule has 6 rings (SSSR count). The highest BCUT2D eigenvalue weighted by Crippen LogP contribution is 2.47. The van der Waals surface area contributed by atoms with E-state index in [0.29, 0.717) is 18.0 Å². The summed E-state index contributed by atoms with van der Waals surface area (Å²) < 4.78 is 13.2. The Kier molecular flexibility index (Phi) is 4.96. The van der Waals surface area contributed by atoms with Gasteiger partial charge in [0.1, 0.15) is 0 Å². The molecule has 2 aromatic carbocycles. The van der Waals surface area contributed by atoms with Crippen LogP contribution in [0.25, 0.3) is 5.95 Å². The molecule has 0 bridgehead atoms. The second-order valence-corrected chi connectivity index (χ2v) is 9.06. The second kappa shape index (κ2) is 8.24. The number of benzene rings is 2. The van der Waals surface area contributed by atoms with Crippen molar-refractivity contribution in [1.82, 2.24) is 14.5 Å². The lowest BCUT2D eigenvalue weighted by Gasteiger charge is -2.25. The van der Waals surface area contributed by atoms with Crippen molar-refractivity contribution in [2.75, 3.05) is 18.2 Å². The van der Waals surface area contributed by atoms with Crippen molar-refractivity contribution >= 4 is 17.4 Å². The first kappa shape index (κ1) is 19.3. The molecule has 32 heavy (non-hydrogen) atoms. The van der Waals surface area contributed by atoms with Gasteiger partial charge in [0, 0.05) is 41.0 Å². The van der Waals surface area contributed by atoms with Gasteiger partial charge in [0.05, 0.1) is 12.2 Å². The smallest absolute Gasteiger partial charge is 0.233 e. The fourth-order valence-corrected chi connectivity index (χ4v) is 5.58. The highest BCUT2D eigenvalue weighted by atomic mass is 32.2. The lowest BCUT2D eigenvalue weighted by molar-refractivity contribution is 0.174. The third-order valence-corrected chi connectivity index (χ3v) is 7.25. The Morgan fingerprint density at radius 2 is 1.81 bits per heavy atom. The maximum absolute atomic E-state index is 5.62. The summed E-state index contributed by atoms with van der Waals surface area (Å²) >= 11 is 1.92. The molecular weight excluding hydrogens is 420 g/mol. The zero-order valence-electron chi connectivity index (χ0n) is 17.4. The summed E-state index contributed by atoms with van der Waals surface area (Å²) in [5.41, 5.74) is 3.71. The van der Waals surface area contributed by atoms with Gasteiger partial charge in [-0.25, -0.2) is 9.97 Å². The first-order chi connectivity index (χ1) is 15.8. The number of rotatable bonds is 4. The molecule has 0 spiro atoms. The predicted molar refractivity (Wildman–Crippen MR) is 125 cm³/mol. The van der Waals surface area contributed by atoms with Crippen LogP contribution in [0.1, 0.15) is 22.9 Å². The van der Waals surface area contributed by atoms with E-state index < -0.39 is 0 Å². The average Bonchev–Trinajstić information content (AvgIpc) is 3.46. The summed E-state index contributed by atoms with van der Waals surface area (Å²) in [4.78, 5) is 12.6. The van der Waals surface area contributed by atoms with Gasteiger partial charge in [-0.15, -0.1) is 11.8 Å². The molecule has 2 aliphatic rings. The van der Waals surface area contributed by atoms with E-state index in [1.165, 1.54) is 16.1 Å². The van der Waals surface area contributed by atoms with Crippen LogP contribution in [0.2, 0.25) is 0 Å². The first-order valence-electron chi connectivity index (χ1n) is 10.7. The van der Waals surface area contributed by atoms with Crippen LogP contribution in [-0.2, 0) is 6.54 Å². The Labute approximate surface area is 190 Å². The zero-order chi connectivity index (χ0) is 21.3. The standard InChI is InChI=1S/C25H22N4O2S/c1-2-7-24-20(6-1)28(16-19-5-3-13-29(19)25-26-11-4-12-27-25)14-10-23(32-24)18-8-9-21-22(15-18)31-17-30-21/h1-9,11-13,15,23H,10,14,16-17H2/t23-/m0/s1. The van der Waals surface area contributed by atoms with E-state index in [2.05, 4.69) is 68.0 Å². The molecule has 2 aliphatic heterocycles. The fourth-order valence-electron chi connectivity index (χ4n) is 4.29. The Morgan fingerprint density at radius 1 is 0.938 bits per heavy atom. The van der Waals surface area contributed by atoms with E-state index in [0.717, 1.165) is 36.7 Å². The molecule has 7 heteroatoms. The van der Waals surface area contributed by atoms with E-state index in [-0.39, 0.29) is 0 Å². The van der Waals surface area contributed by atoms with Crippen molar-refractivity contribution in [2.45, 2.75) is 23.1 Å². The van der Waals surface area contributed by atoms with Crippen molar-refractivity contribution in [3.8, 4) is 17.4 Å². The Hall–Kier alpha value is -3.45. The maximum atomic E-state index is 5.62. The summed E-state index contributed by atoms with van der Waals surface area (Å²) in [6, 6.07) is 21.0. The number of para-hydroxylation sites is 1. The molecule has 2 aromatic heterocycles. The average molecular weight is 443 g/mol. The second-order valence-electron chi connectivity index (χ2n) is 7.82. The molecule has 0 aliphatic carbocycles. The number of thioether (sulfide) groups is 1. The summed E-state index contributed by atoms with van der Waals surface area (Å²) in [6.45, 7) is 2.04. The summed E-state index contributed by atoms with van der Waals surface area (Å²) in [5.74, 6) is 2.37. The number of hydrogen-bond acceptors (Lipinski definition) is 6. The molecule has 0 radical (unpaired) electrons. The highest BCUT2D eigenvalue weighted by Gasteiger charge is 2.25. The van der Waals surface area contributed by atoms with Gasteiger partial charge in [-0.05, 0) is 54.4 Å². The molecule has 0 N–H and O–H groups in total. The van der Waals surface area contributed by atoms with Crippen molar-refractivity contribution in [3.63, 3.8) is 0 Å². The number of fused-ring (bicyclic) bond motifs is 2. The normalized spacial score (nSPS) is 17.1. The lowest BCUT2D eigenvalue weighted by Crippen LogP contribution is -2.25. The van der Waals surface area contributed by atoms with Crippen LogP contribution in [0.5, 0.6) is 11.5 Å². The zero-order valence-corrected chi connectivity index (χ0v) is 18.2. The minimum atomic E-state index is 0.304. The molecule has 1 atom stereocenters. The molecule has 0 fully saturated rings. The maximum Gasteiger partial charge on any atom is 0.233 e. The van der Waals surface area contributed by atoms with Crippen LogP contribution >= 0.6 is 11.8 Å². The summed E-state index contributed by atoms with van der Waals surface area (Å²) in [5, 5.41) is 0.347. The van der Waals surface area contributed by atoms with Crippen molar-refractivity contribution in [1.29, 1.82) is 0 Å². The third kappa shape index (κ3) is 3.58. The van der Waals surface area contributed by atoms with E-state index in [1.807, 2.05) is 30.1 Å². The Morgan fingerprint density at radius 3 is 2.75 bits per heavy atom. The molecule has 0 saturated heterocycles. The van der Waals surface area contributed by atoms with Gasteiger partial charge in [-0.1, -0.05) is 18.2 Å². The number of anilines is 1. The van der Waals surface area contributed by atoms with Gasteiger partial charge in [0.15, 0.2) is 11.5 Å². The molecule has 0 unspecified atom stereocenters. The summed E-state index contributed by atoms with van der Waals surface area (Å²) in [6.07, 6.45) is 6.61. The van der Waals surface area contributed by atoms with Crippen molar-refractivity contribution in [2.24, 2.45) is 0 Å². The van der Waals surface area contributed by atoms with E-state index in [1.54, 1.807) is 12.4 Å². The van der Waals surface area contributed by atoms with Crippen LogP contribution in [0.3, 0.4) is 0 Å². The SMILES string of the molecule is c1cnc(-n2cccc2CN2CC[C@@H](c3ccc4c(c3)OCO4)Sc3ccccc32)nc1. The number of nitrogens with zero attached hydrogens (tertiary/aromatic N) is 4. The van der Waals surface area contributed by atoms with Crippen LogP contribution in [0.15, 0.2) is 84.1 Å². The topological polar surface area (TPSA) is 52.4 Å². The van der Waals surface area contributed by atoms with Gasteiger partial charge in [0.25, 0.3) is 0 Å². The van der Waals surface area contributed by atoms with Crippen molar-refractivity contribution in [3.05, 3.63) is 90.5 Å². The van der Waals surface area contributed by atoms with Gasteiger partial charge in [-0.2, -0.15) is 0 Å². The van der Waals surface area contributed by atoms with E-state index >= 15 is 0 Å². The monoisotopic (exact) mass is 442 g/mol. The van der Waals surface area contributed by atoms with Crippen LogP contribution < -0.4 is 14.4 Å². The van der Waals surface area contributed by atoms with E-state index in [9.17, 15) is 0 Å². The van der Waals surface area contributed by atoms with E-state index in [4.69, 9.17) is 9.47 Å². The Balaban J connectivity index is 1.30. The molecule has 6 nitrogen and oxygen atoms in total. The number of aromatic nitrogens is 3. The van der Waals surface area contributed by atoms with Crippen LogP contribution in [0, 0.1) is 0 Å². The molecule has 4 heterocycles. The number of hydrogen-bond donors (Lipinski definition) is 0. The fraction of sp³-hybridized carbons (Fsp3) is 0.200. The number of ether oxygens (including phenoxy) is 2. The predicted octanol–water partition coefficient (Wildman–Crippen LogP) is 5.24. The van der Waals surface area contributed by atoms with Crippen LogP contribution in [0.4, 0.5) is 5.69 Å². The first-order valence-corrected chi connectivity index (χ1v) is 11.6. The molecule has 160 valence electrons. The lowest BCUT2D eigenvalue weighted by atomic mass is 10.1. The quantitative estimate of drug-likeness (QED) is 0.431. The minimum absolute atomic E-state index is 0.304. The molecular formula is C25H22N4O2S. The third-order valence-electron chi connectivity index (χ3n) is 5.86. The van der Waals surface area contributed by atoms with Gasteiger partial charge in [0.2, 0.25) is 12.7 Å². The molecule has 4 aromatic rings. The molecule has 0 saturated carbocycles. The van der Waals surface area contributed by atoms with Gasteiger partial charge >= 0.3 is 0 Å². The van der Waals surface area contributed by atoms with Gasteiger partial charge in [-0.3, -0.25) is 4.57 Å². The summed E-state index contributed by atoms with van der Waals surface area (Å²) in [7, 11) is 0. The van der Waals surface area contributed by atoms with Crippen LogP contribution in [-0.4, -0.2) is 27.9 Å². The Bertz CT molecular complexity index is 1240. The highest BCUT2D eigenvalue weighted by molar-refractivity contribution is 7.99. The minimum Gasteiger partial charge on any atom is -0.454 e. The molecule has 0 amide bonds. The largest absolute Gasteiger partial charge is 0.454 e. The van der Waals surface area contributed by atoms with Crippen molar-refractivity contribution < 1.29 is 9.47 Å². The van der Waals surface area contributed by atoms with Gasteiger partial charge < -0.3 is 14.4 Å².